The number of fused-ring (bicyclic) bond motifs is 1. The van der Waals surface area contributed by atoms with Crippen LogP contribution < -0.4 is 40.2 Å². The van der Waals surface area contributed by atoms with Crippen molar-refractivity contribution in [1.29, 1.82) is 0 Å². The topological polar surface area (TPSA) is 263 Å². The standard InChI is InChI=1S/C12H27NO6.C12H16N.C10H19NO3.C9H20N.C9H19N.C6H3I3O3.4C6H3I3O.C5H10.2CH3.Fe/c1-14-10-17-7-4-13(5-8-18-11-15-2)6-9-19-12-16-3;1-9-12(2,3)10-7-5-6-8-11(10)13(9)4;1-2-3-10(12)14-9-6-11-4-7-13-8-5-11;1-10(2,3)8-9-6-4-5-7-9;1-2-3-7-10-8-5-4-6-9-10;7-1-4(10)2(8)6(12)3(9)5(1)11;4*7-3-1-4(8)6(10)5(9)2-3;1-2-4-5-3-1;;;/h4-12H2,1-3H3;5-8H,1-4H3;2-9H2,1H3;9H,4-8H2,1-3H3;2-9H2,1H3;10-12H;4*1-2,10H;1-5H2;2*1H3;/q;+1;;+1;;;;;;;;2*-1;+2/p-2. The molecule has 11 rings (SSSR count). The quantitative estimate of drug-likeness (QED) is 0.00521. The first kappa shape index (κ1) is 134. The van der Waals surface area contributed by atoms with Crippen LogP contribution in [0.3, 0.4) is 0 Å². The van der Waals surface area contributed by atoms with E-state index in [-0.39, 0.29) is 90.7 Å². The number of likely N-dealkylation sites (tertiary alicyclic amines) is 1. The molecular weight excluding hydrogens is 3350 g/mol. The van der Waals surface area contributed by atoms with Gasteiger partial charge in [-0.3, -0.25) is 4.79 Å². The zero-order chi connectivity index (χ0) is 92.8. The number of ether oxygens (including phenoxy) is 8. The van der Waals surface area contributed by atoms with Gasteiger partial charge in [-0.05, 0) is 446 Å². The number of phenols is 2. The number of rotatable bonds is 25. The van der Waals surface area contributed by atoms with E-state index in [0.717, 1.165) is 112 Å². The van der Waals surface area contributed by atoms with Crippen molar-refractivity contribution >= 4 is 356 Å². The number of benzene rings is 6. The van der Waals surface area contributed by atoms with Gasteiger partial charge in [0.25, 0.3) is 0 Å². The van der Waals surface area contributed by atoms with E-state index in [1.54, 1.807) is 89.1 Å². The average Bonchev–Trinajstić information content (AvgIpc) is 1.60. The molecule has 2 saturated carbocycles. The second-order valence-corrected chi connectivity index (χ2v) is 47.9. The fourth-order valence-corrected chi connectivity index (χ4v) is 29.8. The third-order valence-electron chi connectivity index (χ3n) is 19.2. The van der Waals surface area contributed by atoms with Crippen LogP contribution in [0, 0.1) is 74.3 Å². The van der Waals surface area contributed by atoms with E-state index in [1.807, 2.05) is 60.4 Å². The number of esters is 1. The number of piperidine rings is 1. The average molecular weight is 3490 g/mol. The number of unbranched alkanes of at least 4 members (excludes halogenated alkanes) is 1. The Kier molecular flexibility index (Phi) is 83.8. The minimum Gasteiger partial charge on any atom is -0.871 e. The summed E-state index contributed by atoms with van der Waals surface area (Å²) in [5.41, 5.74) is 4.42. The minimum absolute atomic E-state index is 0. The molecule has 0 unspecified atom stereocenters. The van der Waals surface area contributed by atoms with Gasteiger partial charge in [-0.1, -0.05) is 112 Å². The fraction of sp³-hybridized carbons (Fsp3) is 0.551. The summed E-state index contributed by atoms with van der Waals surface area (Å²) < 4.78 is 55.8. The Bertz CT molecular complexity index is 3540. The SMILES string of the molecule is C1CCCC1.CC1=[N+](C)c2ccccc2C1(C)C.CCCC(=O)OCC[NH+]1CCOCC1.CCCC[NH+]1CCCCC1.COCOCC[NH+](CCOCOC)CCOCOC.C[N+](C)(C)CC1CCCC1.[CH3-].[CH3-].[Fe+2].[O-]c1c(I)c(O)c(I)c(O)c1I.[O-]c1c(I)cc(I)cc1I.[O-]c1c(I)cc(I)cc1I.[O-]c1c(I)cc(I)cc1I.[O-]c1c(I)cc(I)cc1I. The van der Waals surface area contributed by atoms with Gasteiger partial charge < -0.3 is 108 Å². The van der Waals surface area contributed by atoms with Crippen molar-refractivity contribution < 1.29 is 119 Å². The fourth-order valence-electron chi connectivity index (χ4n) is 12.3. The molecule has 6 aromatic carbocycles. The summed E-state index contributed by atoms with van der Waals surface area (Å²) in [5.74, 6) is 0.913. The van der Waals surface area contributed by atoms with Crippen LogP contribution in [0.5, 0.6) is 40.2 Å². The molecule has 37 heteroatoms. The van der Waals surface area contributed by atoms with Gasteiger partial charge in [0.15, 0.2) is 5.71 Å². The molecule has 0 bridgehead atoms. The van der Waals surface area contributed by atoms with Crippen LogP contribution in [0.4, 0.5) is 5.69 Å². The first-order valence-corrected chi connectivity index (χ1v) is 56.8. The van der Waals surface area contributed by atoms with Crippen LogP contribution in [0.15, 0.2) is 72.8 Å². The van der Waals surface area contributed by atoms with E-state index in [4.69, 9.17) is 37.9 Å². The van der Waals surface area contributed by atoms with Crippen molar-refractivity contribution in [3.8, 4) is 40.2 Å². The number of para-hydroxylation sites is 1. The van der Waals surface area contributed by atoms with E-state index in [2.05, 4.69) is 356 Å². The molecule has 2 saturated heterocycles. The van der Waals surface area contributed by atoms with Crippen LogP contribution in [-0.4, -0.2) is 206 Å². The number of carbonyl (C=O) groups excluding carboxylic acids is 1. The molecule has 0 spiro atoms. The smallest absolute Gasteiger partial charge is 0.871 e. The van der Waals surface area contributed by atoms with Crippen molar-refractivity contribution in [2.45, 2.75) is 143 Å². The van der Waals surface area contributed by atoms with E-state index in [9.17, 15) is 40.5 Å². The maximum atomic E-state index is 11.2. The molecule has 2 aliphatic carbocycles. The first-order chi connectivity index (χ1) is 58.1. The molecule has 3 heterocycles. The Balaban J connectivity index is -0.00000133. The zero-order valence-corrected chi connectivity index (χ0v) is 108. The number of nitrogens with zero attached hydrogens (tertiary/aromatic N) is 2. The molecule has 5 N–H and O–H groups in total. The third-order valence-corrected chi connectivity index (χ3v) is 31.1. The summed E-state index contributed by atoms with van der Waals surface area (Å²) in [7, 11) is 13.9. The Labute approximate surface area is 970 Å². The molecule has 126 heavy (non-hydrogen) atoms. The Morgan fingerprint density at radius 3 is 1.17 bits per heavy atom. The molecule has 0 amide bonds. The number of carbonyl (C=O) groups is 1. The summed E-state index contributed by atoms with van der Waals surface area (Å²) in [6, 6.07) is 23.7. The van der Waals surface area contributed by atoms with Crippen molar-refractivity contribution in [3.05, 3.63) is 147 Å². The number of phenolic OH excluding ortho intramolecular Hbond substituents is 2. The normalized spacial score (nSPS) is 14.2. The van der Waals surface area contributed by atoms with Crippen LogP contribution in [0.2, 0.25) is 0 Å². The van der Waals surface area contributed by atoms with Gasteiger partial charge in [-0.15, -0.1) is 0 Å². The van der Waals surface area contributed by atoms with E-state index < -0.39 is 0 Å². The largest absolute Gasteiger partial charge is 2.00 e. The van der Waals surface area contributed by atoms with Crippen molar-refractivity contribution in [1.82, 2.24) is 0 Å². The molecule has 720 valence electrons. The van der Waals surface area contributed by atoms with E-state index in [1.165, 1.54) is 143 Å². The number of aromatic hydroxyl groups is 2. The Morgan fingerprint density at radius 2 is 0.849 bits per heavy atom. The molecule has 0 aromatic heterocycles. The summed E-state index contributed by atoms with van der Waals surface area (Å²) >= 11 is 30.5. The maximum Gasteiger partial charge on any atom is 2.00 e. The van der Waals surface area contributed by atoms with Gasteiger partial charge in [-0.25, -0.2) is 4.58 Å². The number of quaternary nitrogens is 4. The van der Waals surface area contributed by atoms with Crippen LogP contribution >= 0.6 is 339 Å². The second-order valence-electron chi connectivity index (χ2n) is 30.4. The molecular formula is C89H130FeI15N5O16. The van der Waals surface area contributed by atoms with Crippen LogP contribution in [0.25, 0.3) is 0 Å². The summed E-state index contributed by atoms with van der Waals surface area (Å²) in [6.07, 6.45) is 22.0. The monoisotopic (exact) mass is 3480 g/mol. The van der Waals surface area contributed by atoms with Crippen molar-refractivity contribution in [2.75, 3.05) is 175 Å². The molecule has 3 aliphatic heterocycles. The summed E-state index contributed by atoms with van der Waals surface area (Å²) in [6.45, 7) is 27.5. The van der Waals surface area contributed by atoms with Gasteiger partial charge >= 0.3 is 23.0 Å². The number of hydrogen-bond donors (Lipinski definition) is 5. The van der Waals surface area contributed by atoms with Gasteiger partial charge in [0, 0.05) is 102 Å². The summed E-state index contributed by atoms with van der Waals surface area (Å²) in [5, 5.41) is 74.3. The van der Waals surface area contributed by atoms with Crippen LogP contribution in [0.1, 0.15) is 143 Å². The van der Waals surface area contributed by atoms with Gasteiger partial charge in [0.1, 0.15) is 84.8 Å². The predicted molar refractivity (Wildman–Crippen MR) is 626 cm³/mol. The predicted octanol–water partition coefficient (Wildman–Crippen LogP) is 18.6. The van der Waals surface area contributed by atoms with Gasteiger partial charge in [0.2, 0.25) is 5.69 Å². The molecule has 6 aromatic rings. The number of hydrogen-bond acceptors (Lipinski definition) is 16. The number of nitrogens with one attached hydrogen (secondary N) is 3. The number of halogens is 15. The van der Waals surface area contributed by atoms with Gasteiger partial charge in [-0.2, -0.15) is 0 Å². The molecule has 4 fully saturated rings. The van der Waals surface area contributed by atoms with Crippen molar-refractivity contribution in [2.24, 2.45) is 5.92 Å². The van der Waals surface area contributed by atoms with E-state index in [0.29, 0.717) is 56.8 Å². The van der Waals surface area contributed by atoms with E-state index >= 15 is 0 Å². The Morgan fingerprint density at radius 1 is 0.508 bits per heavy atom. The maximum absolute atomic E-state index is 11.2. The van der Waals surface area contributed by atoms with Crippen molar-refractivity contribution in [3.63, 3.8) is 0 Å². The molecule has 21 nitrogen and oxygen atoms in total. The first-order valence-electron chi connectivity index (χ1n) is 40.6. The Hall–Kier alpha value is 4.09. The summed E-state index contributed by atoms with van der Waals surface area (Å²) in [4.78, 5) is 15.7. The third kappa shape index (κ3) is 59.1. The van der Waals surface area contributed by atoms with Gasteiger partial charge in [0.05, 0.1) is 89.3 Å². The molecule has 0 radical (unpaired) electrons. The minimum atomic E-state index is -0.327. The number of morpholine rings is 1. The molecule has 0 atom stereocenters. The molecule has 5 aliphatic rings. The number of methoxy groups -OCH3 is 3. The second kappa shape index (κ2) is 78.7. The van der Waals surface area contributed by atoms with Crippen LogP contribution in [-0.2, 0) is 65.2 Å². The zero-order valence-electron chi connectivity index (χ0n) is 74.8.